The van der Waals surface area contributed by atoms with Gasteiger partial charge in [-0.2, -0.15) is 0 Å². The number of aromatic nitrogens is 1. The van der Waals surface area contributed by atoms with E-state index in [1.54, 1.807) is 0 Å². The van der Waals surface area contributed by atoms with Crippen LogP contribution in [-0.2, 0) is 19.5 Å². The Morgan fingerprint density at radius 3 is 2.47 bits per heavy atom. The average molecular weight is 228 g/mol. The molecule has 0 spiro atoms. The molecule has 0 aliphatic carbocycles. The molecule has 17 heavy (non-hydrogen) atoms. The van der Waals surface area contributed by atoms with E-state index in [1.807, 2.05) is 6.07 Å². The van der Waals surface area contributed by atoms with Gasteiger partial charge in [0, 0.05) is 24.5 Å². The number of H-pyrrole nitrogens is 1. The van der Waals surface area contributed by atoms with Crippen molar-refractivity contribution in [3.05, 3.63) is 59.4 Å². The number of aryl methyl sites for hydroxylation is 1. The molecule has 1 heterocycles. The second-order valence-electron chi connectivity index (χ2n) is 4.35. The van der Waals surface area contributed by atoms with Crippen molar-refractivity contribution in [2.24, 2.45) is 0 Å². The van der Waals surface area contributed by atoms with Crippen molar-refractivity contribution in [2.75, 3.05) is 0 Å². The van der Waals surface area contributed by atoms with Crippen LogP contribution in [0.3, 0.4) is 0 Å². The van der Waals surface area contributed by atoms with E-state index in [0.29, 0.717) is 0 Å². The Hall–Kier alpha value is -1.54. The lowest BCUT2D eigenvalue weighted by Crippen LogP contribution is -2.12. The first kappa shape index (κ1) is 11.9. The van der Waals surface area contributed by atoms with Crippen molar-refractivity contribution < 1.29 is 0 Å². The predicted molar refractivity (Wildman–Crippen MR) is 71.8 cm³/mol. The minimum atomic E-state index is 0.901. The van der Waals surface area contributed by atoms with Gasteiger partial charge in [-0.3, -0.25) is 0 Å². The highest BCUT2D eigenvalue weighted by Gasteiger charge is 1.97. The number of hydrogen-bond acceptors (Lipinski definition) is 1. The smallest absolute Gasteiger partial charge is 0.0360 e. The van der Waals surface area contributed by atoms with Crippen molar-refractivity contribution in [3.63, 3.8) is 0 Å². The molecular weight excluding hydrogens is 208 g/mol. The van der Waals surface area contributed by atoms with Gasteiger partial charge < -0.3 is 10.3 Å². The van der Waals surface area contributed by atoms with Gasteiger partial charge in [0.25, 0.3) is 0 Å². The lowest BCUT2D eigenvalue weighted by Gasteiger charge is -2.03. The lowest BCUT2D eigenvalue weighted by atomic mass is 10.2. The Bertz CT molecular complexity index is 431. The summed E-state index contributed by atoms with van der Waals surface area (Å²) in [4.78, 5) is 3.44. The first-order chi connectivity index (χ1) is 8.38. The molecule has 2 nitrogen and oxygen atoms in total. The van der Waals surface area contributed by atoms with Crippen molar-refractivity contribution in [1.82, 2.24) is 10.3 Å². The lowest BCUT2D eigenvalue weighted by molar-refractivity contribution is 0.680. The maximum atomic E-state index is 3.44. The van der Waals surface area contributed by atoms with Crippen molar-refractivity contribution in [3.8, 4) is 0 Å². The van der Waals surface area contributed by atoms with Crippen molar-refractivity contribution in [2.45, 2.75) is 32.9 Å². The number of nitrogens with one attached hydrogen (secondary N) is 2. The highest BCUT2D eigenvalue weighted by molar-refractivity contribution is 5.15. The summed E-state index contributed by atoms with van der Waals surface area (Å²) < 4.78 is 0. The van der Waals surface area contributed by atoms with E-state index in [4.69, 9.17) is 0 Å². The third-order valence-electron chi connectivity index (χ3n) is 2.81. The van der Waals surface area contributed by atoms with E-state index in [1.165, 1.54) is 23.4 Å². The Morgan fingerprint density at radius 2 is 1.71 bits per heavy atom. The molecule has 2 heteroatoms. The van der Waals surface area contributed by atoms with Crippen molar-refractivity contribution >= 4 is 0 Å². The number of aromatic amines is 1. The molecule has 0 radical (unpaired) electrons. The Morgan fingerprint density at radius 1 is 0.941 bits per heavy atom. The summed E-state index contributed by atoms with van der Waals surface area (Å²) in [6.07, 6.45) is 2.33. The number of hydrogen-bond donors (Lipinski definition) is 2. The van der Waals surface area contributed by atoms with E-state index in [-0.39, 0.29) is 0 Å². The molecule has 0 unspecified atom stereocenters. The number of rotatable bonds is 6. The Kier molecular flexibility index (Phi) is 4.39. The molecule has 0 atom stereocenters. The van der Waals surface area contributed by atoms with Crippen molar-refractivity contribution in [1.29, 1.82) is 0 Å². The molecule has 0 saturated heterocycles. The van der Waals surface area contributed by atoms with Crippen LogP contribution in [-0.4, -0.2) is 4.98 Å². The minimum absolute atomic E-state index is 0.901. The first-order valence-corrected chi connectivity index (χ1v) is 6.30. The molecule has 1 aromatic carbocycles. The zero-order valence-electron chi connectivity index (χ0n) is 10.4. The molecular formula is C15H20N2. The zero-order valence-corrected chi connectivity index (χ0v) is 10.4. The summed E-state index contributed by atoms with van der Waals surface area (Å²) in [6.45, 7) is 4.02. The fourth-order valence-electron chi connectivity index (χ4n) is 1.95. The highest BCUT2D eigenvalue weighted by atomic mass is 14.9. The normalized spacial score (nSPS) is 10.6. The maximum Gasteiger partial charge on any atom is 0.0360 e. The van der Waals surface area contributed by atoms with Crippen LogP contribution in [0.4, 0.5) is 0 Å². The van der Waals surface area contributed by atoms with E-state index in [9.17, 15) is 0 Å². The summed E-state index contributed by atoms with van der Waals surface area (Å²) >= 11 is 0. The summed E-state index contributed by atoms with van der Waals surface area (Å²) in [5.41, 5.74) is 3.93. The molecule has 0 saturated carbocycles. The molecule has 0 fully saturated rings. The Labute approximate surface area is 103 Å². The molecule has 2 N–H and O–H groups in total. The van der Waals surface area contributed by atoms with Gasteiger partial charge in [-0.15, -0.1) is 0 Å². The van der Waals surface area contributed by atoms with Gasteiger partial charge in [-0.25, -0.2) is 0 Å². The van der Waals surface area contributed by atoms with Crippen LogP contribution in [0.2, 0.25) is 0 Å². The first-order valence-electron chi connectivity index (χ1n) is 6.30. The van der Waals surface area contributed by atoms with E-state index in [0.717, 1.165) is 19.5 Å². The summed E-state index contributed by atoms with van der Waals surface area (Å²) in [7, 11) is 0. The van der Waals surface area contributed by atoms with Gasteiger partial charge in [0.05, 0.1) is 0 Å². The minimum Gasteiger partial charge on any atom is -0.361 e. The third kappa shape index (κ3) is 3.75. The fraction of sp³-hybridized carbons (Fsp3) is 0.333. The van der Waals surface area contributed by atoms with Crippen LogP contribution < -0.4 is 5.32 Å². The van der Waals surface area contributed by atoms with E-state index >= 15 is 0 Å². The van der Waals surface area contributed by atoms with Gasteiger partial charge in [0.1, 0.15) is 0 Å². The SMILES string of the molecule is CCCc1ccc(CNCc2ccccc2)[nH]1. The molecule has 0 aliphatic heterocycles. The zero-order chi connectivity index (χ0) is 11.9. The quantitative estimate of drug-likeness (QED) is 0.780. The van der Waals surface area contributed by atoms with E-state index < -0.39 is 0 Å². The second-order valence-corrected chi connectivity index (χ2v) is 4.35. The largest absolute Gasteiger partial charge is 0.361 e. The molecule has 0 amide bonds. The third-order valence-corrected chi connectivity index (χ3v) is 2.81. The standard InChI is InChI=1S/C15H20N2/c1-2-6-14-9-10-15(17-14)12-16-11-13-7-4-3-5-8-13/h3-5,7-10,16-17H,2,6,11-12H2,1H3. The van der Waals surface area contributed by atoms with Crippen LogP contribution in [0.5, 0.6) is 0 Å². The second kappa shape index (κ2) is 6.26. The van der Waals surface area contributed by atoms with Gasteiger partial charge in [-0.05, 0) is 24.1 Å². The molecule has 0 aliphatic rings. The summed E-state index contributed by atoms with van der Waals surface area (Å²) in [6, 6.07) is 14.8. The Balaban J connectivity index is 1.78. The van der Waals surface area contributed by atoms with Crippen LogP contribution in [0.15, 0.2) is 42.5 Å². The highest BCUT2D eigenvalue weighted by Crippen LogP contribution is 2.05. The van der Waals surface area contributed by atoms with Crippen LogP contribution in [0.25, 0.3) is 0 Å². The molecule has 1 aromatic heterocycles. The van der Waals surface area contributed by atoms with Gasteiger partial charge >= 0.3 is 0 Å². The van der Waals surface area contributed by atoms with Gasteiger partial charge in [-0.1, -0.05) is 43.7 Å². The molecule has 2 aromatic rings. The number of benzene rings is 1. The maximum absolute atomic E-state index is 3.44. The predicted octanol–water partition coefficient (Wildman–Crippen LogP) is 3.26. The fourth-order valence-corrected chi connectivity index (χ4v) is 1.95. The summed E-state index contributed by atoms with van der Waals surface area (Å²) in [5.74, 6) is 0. The van der Waals surface area contributed by atoms with Crippen LogP contribution in [0.1, 0.15) is 30.3 Å². The van der Waals surface area contributed by atoms with Crippen LogP contribution >= 0.6 is 0 Å². The summed E-state index contributed by atoms with van der Waals surface area (Å²) in [5, 5.41) is 3.44. The van der Waals surface area contributed by atoms with Crippen LogP contribution in [0, 0.1) is 0 Å². The van der Waals surface area contributed by atoms with E-state index in [2.05, 4.69) is 53.6 Å². The molecule has 90 valence electrons. The molecule has 0 bridgehead atoms. The average Bonchev–Trinajstić information content (AvgIpc) is 2.79. The van der Waals surface area contributed by atoms with Gasteiger partial charge in [0.2, 0.25) is 0 Å². The topological polar surface area (TPSA) is 27.8 Å². The monoisotopic (exact) mass is 228 g/mol. The van der Waals surface area contributed by atoms with Gasteiger partial charge in [0.15, 0.2) is 0 Å². The molecule has 2 rings (SSSR count).